The minimum atomic E-state index is 0.729. The summed E-state index contributed by atoms with van der Waals surface area (Å²) in [6.45, 7) is 0.729. The molecule has 0 saturated heterocycles. The molecule has 90 heavy (non-hydrogen) atoms. The third kappa shape index (κ3) is 7.74. The van der Waals surface area contributed by atoms with Crippen molar-refractivity contribution < 1.29 is 8.83 Å². The van der Waals surface area contributed by atoms with Crippen LogP contribution in [0, 0.1) is 0 Å². The maximum atomic E-state index is 7.60. The van der Waals surface area contributed by atoms with Crippen molar-refractivity contribution in [3.05, 3.63) is 292 Å². The van der Waals surface area contributed by atoms with Crippen molar-refractivity contribution >= 4 is 114 Å². The smallest absolute Gasteiger partial charge is 0.143 e. The number of hydrogen-bond acceptors (Lipinski definition) is 6. The van der Waals surface area contributed by atoms with Gasteiger partial charge >= 0.3 is 0 Å². The summed E-state index contributed by atoms with van der Waals surface area (Å²) in [5.41, 5.74) is 19.2. The van der Waals surface area contributed by atoms with E-state index in [0.717, 1.165) is 161 Å². The topological polar surface area (TPSA) is 68.2 Å². The molecule has 1 aliphatic rings. The molecule has 6 heterocycles. The Morgan fingerprint density at radius 2 is 0.944 bits per heavy atom. The van der Waals surface area contributed by atoms with E-state index < -0.39 is 0 Å². The van der Waals surface area contributed by atoms with E-state index in [2.05, 4.69) is 265 Å². The fourth-order valence-corrected chi connectivity index (χ4v) is 14.7. The summed E-state index contributed by atoms with van der Waals surface area (Å²) >= 11 is 0. The third-order valence-corrected chi connectivity index (χ3v) is 18.9. The average Bonchev–Trinajstić information content (AvgIpc) is 1.52. The summed E-state index contributed by atoms with van der Waals surface area (Å²) in [6, 6.07) is 86.1. The second-order valence-corrected chi connectivity index (χ2v) is 23.7. The number of fused-ring (bicyclic) bond motifs is 7. The predicted molar refractivity (Wildman–Crippen MR) is 374 cm³/mol. The van der Waals surface area contributed by atoms with E-state index >= 15 is 0 Å². The number of hydrogen-bond donors (Lipinski definition) is 0. The molecule has 6 nitrogen and oxygen atoms in total. The highest BCUT2D eigenvalue weighted by molar-refractivity contribution is 6.38. The largest absolute Gasteiger partial charge is 0.455 e. The van der Waals surface area contributed by atoms with Crippen molar-refractivity contribution in [1.29, 1.82) is 0 Å². The lowest BCUT2D eigenvalue weighted by molar-refractivity contribution is 0.669. The first kappa shape index (κ1) is 50.2. The van der Waals surface area contributed by atoms with Gasteiger partial charge < -0.3 is 13.7 Å². The molecule has 0 spiro atoms. The van der Waals surface area contributed by atoms with Gasteiger partial charge in [0, 0.05) is 105 Å². The fraction of sp³-hybridized carbons (Fsp3) is 0.0119. The van der Waals surface area contributed by atoms with Crippen molar-refractivity contribution in [2.45, 2.75) is 0 Å². The van der Waals surface area contributed by atoms with E-state index in [1.165, 1.54) is 38.1 Å². The molecular formula is C84H50N4O2. The Kier molecular flexibility index (Phi) is 11.0. The highest BCUT2D eigenvalue weighted by Gasteiger charge is 2.27. The molecule has 0 atom stereocenters. The van der Waals surface area contributed by atoms with Crippen molar-refractivity contribution in [3.8, 4) is 78.0 Å². The first-order valence-corrected chi connectivity index (χ1v) is 30.6. The molecule has 0 fully saturated rings. The highest BCUT2D eigenvalue weighted by atomic mass is 16.3. The van der Waals surface area contributed by atoms with Gasteiger partial charge in [-0.25, -0.2) is 0 Å². The molecule has 0 amide bonds. The number of nitrogens with zero attached hydrogens (tertiary/aromatic N) is 4. The number of furan rings is 2. The molecule has 0 unspecified atom stereocenters. The van der Waals surface area contributed by atoms with Crippen molar-refractivity contribution in [1.82, 2.24) is 15.0 Å². The maximum Gasteiger partial charge on any atom is 0.143 e. The van der Waals surface area contributed by atoms with Gasteiger partial charge in [-0.05, 0) is 182 Å². The Balaban J connectivity index is 0.873. The van der Waals surface area contributed by atoms with E-state index in [9.17, 15) is 0 Å². The van der Waals surface area contributed by atoms with Gasteiger partial charge in [-0.2, -0.15) is 0 Å². The minimum absolute atomic E-state index is 0.729. The van der Waals surface area contributed by atoms with Crippen LogP contribution in [0.2, 0.25) is 0 Å². The van der Waals surface area contributed by atoms with E-state index in [1.54, 1.807) is 0 Å². The van der Waals surface area contributed by atoms with Crippen LogP contribution in [-0.4, -0.2) is 21.5 Å². The second-order valence-electron chi connectivity index (χ2n) is 23.7. The molecule has 5 aromatic heterocycles. The maximum absolute atomic E-state index is 7.60. The SMILES string of the molecule is C1=CCN(c2cc3oc4c(-c5ccnc(-c6cc7ccccc7c7ccccc67)c5)ccc5c6cc(-c7ccc(-c8cccnc8)c8ccncc78)cc7oc8c(-c9cccc(-c%10ccc(-c%11cccc%12ccccc%11%12)cc%10)c9)ccc(c(c2)c3c45)c8c76)C=C1. The molecule has 13 aromatic carbocycles. The van der Waals surface area contributed by atoms with Gasteiger partial charge in [0.25, 0.3) is 0 Å². The molecule has 19 rings (SSSR count). The van der Waals surface area contributed by atoms with Gasteiger partial charge in [0.15, 0.2) is 0 Å². The fourth-order valence-electron chi connectivity index (χ4n) is 14.7. The molecule has 0 N–H and O–H groups in total. The van der Waals surface area contributed by atoms with Crippen LogP contribution in [0.15, 0.2) is 301 Å². The van der Waals surface area contributed by atoms with Crippen molar-refractivity contribution in [3.63, 3.8) is 0 Å². The van der Waals surface area contributed by atoms with Crippen LogP contribution in [0.25, 0.3) is 187 Å². The van der Waals surface area contributed by atoms with Gasteiger partial charge in [-0.1, -0.05) is 176 Å². The lowest BCUT2D eigenvalue weighted by atomic mass is 9.88. The van der Waals surface area contributed by atoms with Crippen LogP contribution >= 0.6 is 0 Å². The Morgan fingerprint density at radius 1 is 0.311 bits per heavy atom. The van der Waals surface area contributed by atoms with Crippen molar-refractivity contribution in [2.24, 2.45) is 0 Å². The zero-order valence-electron chi connectivity index (χ0n) is 48.5. The Bertz CT molecular complexity index is 6070. The van der Waals surface area contributed by atoms with Crippen LogP contribution in [0.1, 0.15) is 0 Å². The monoisotopic (exact) mass is 1150 g/mol. The first-order chi connectivity index (χ1) is 44.6. The third-order valence-electron chi connectivity index (χ3n) is 18.9. The van der Waals surface area contributed by atoms with Gasteiger partial charge in [0.1, 0.15) is 22.3 Å². The summed E-state index contributed by atoms with van der Waals surface area (Å²) in [7, 11) is 0. The second kappa shape index (κ2) is 19.8. The van der Waals surface area contributed by atoms with E-state index in [-0.39, 0.29) is 0 Å². The van der Waals surface area contributed by atoms with Gasteiger partial charge in [-0.15, -0.1) is 0 Å². The lowest BCUT2D eigenvalue weighted by Crippen LogP contribution is -2.17. The zero-order chi connectivity index (χ0) is 59.0. The molecule has 0 aliphatic carbocycles. The molecular weight excluding hydrogens is 1100 g/mol. The Labute approximate surface area is 516 Å². The molecule has 1 aliphatic heterocycles. The lowest BCUT2D eigenvalue weighted by Gasteiger charge is -2.21. The van der Waals surface area contributed by atoms with Crippen molar-refractivity contribution in [2.75, 3.05) is 11.4 Å². The summed E-state index contributed by atoms with van der Waals surface area (Å²) in [5.74, 6) is 0. The minimum Gasteiger partial charge on any atom is -0.455 e. The quantitative estimate of drug-likeness (QED) is 0.141. The molecule has 0 bridgehead atoms. The first-order valence-electron chi connectivity index (χ1n) is 30.6. The van der Waals surface area contributed by atoms with Gasteiger partial charge in [-0.3, -0.25) is 15.0 Å². The number of pyridine rings is 3. The number of benzene rings is 12. The van der Waals surface area contributed by atoms with Crippen LogP contribution in [0.5, 0.6) is 0 Å². The Morgan fingerprint density at radius 3 is 1.73 bits per heavy atom. The number of rotatable bonds is 8. The van der Waals surface area contributed by atoms with Gasteiger partial charge in [0.2, 0.25) is 0 Å². The number of aromatic nitrogens is 3. The van der Waals surface area contributed by atoms with Crippen LogP contribution in [0.4, 0.5) is 5.69 Å². The Hall–Kier alpha value is -12.0. The molecule has 0 saturated carbocycles. The van der Waals surface area contributed by atoms with Gasteiger partial charge in [0.05, 0.1) is 5.69 Å². The zero-order valence-corrected chi connectivity index (χ0v) is 48.5. The summed E-state index contributed by atoms with van der Waals surface area (Å²) in [6.07, 6.45) is 18.1. The molecule has 18 aromatic rings. The van der Waals surface area contributed by atoms with Crippen LogP contribution in [-0.2, 0) is 0 Å². The molecule has 6 heteroatoms. The van der Waals surface area contributed by atoms with E-state index in [0.29, 0.717) is 0 Å². The summed E-state index contributed by atoms with van der Waals surface area (Å²) < 4.78 is 15.1. The van der Waals surface area contributed by atoms with Crippen LogP contribution < -0.4 is 4.90 Å². The highest BCUT2D eigenvalue weighted by Crippen LogP contribution is 2.52. The normalized spacial score (nSPS) is 12.7. The standard InChI is InChI=1S/C84H50N4O2/c1-8-39-88(40-9-1)59-46-74-71-33-30-65(54-17-10-16-53(41-54)50-24-26-52(27-25-50)61-23-11-15-51-13-2-4-19-60(51)61)83-82(71)79-73(43-58(45-77(79)89-83)64-29-28-63(57-18-12-36-85-48-57)69-35-37-86-49-75(64)69)70-32-31-66(84-81(70)80(74)78(47-59)90-84)56-34-38-87-76(44-56)72-42-55-14-3-5-20-62(55)67-21-6-7-22-68(67)72/h1-39,41-49H,40H2. The average molecular weight is 1150 g/mol. The number of anilines is 1. The van der Waals surface area contributed by atoms with Crippen LogP contribution in [0.3, 0.4) is 0 Å². The van der Waals surface area contributed by atoms with E-state index in [1.807, 2.05) is 37.1 Å². The molecule has 0 radical (unpaired) electrons. The summed E-state index contributed by atoms with van der Waals surface area (Å²) in [4.78, 5) is 16.7. The molecule has 418 valence electrons. The summed E-state index contributed by atoms with van der Waals surface area (Å²) in [5, 5.41) is 17.9. The predicted octanol–water partition coefficient (Wildman–Crippen LogP) is 22.6. The van der Waals surface area contributed by atoms with E-state index in [4.69, 9.17) is 18.8 Å². The number of allylic oxidation sites excluding steroid dienone is 2.